The third-order valence-electron chi connectivity index (χ3n) is 6.50. The lowest BCUT2D eigenvalue weighted by atomic mass is 9.88. The van der Waals surface area contributed by atoms with Gasteiger partial charge in [-0.1, -0.05) is 30.3 Å². The first-order chi connectivity index (χ1) is 15.6. The SMILES string of the molecule is Cn1ccc(C(=O)NC[C@H]2CCC3(CCN(Cc4cnc(-c5ccccc5)s4)CC3)O2)n1. The summed E-state index contributed by atoms with van der Waals surface area (Å²) in [5.41, 5.74) is 1.61. The molecule has 5 rings (SSSR count). The highest BCUT2D eigenvalue weighted by atomic mass is 32.1. The number of thiazole rings is 1. The summed E-state index contributed by atoms with van der Waals surface area (Å²) in [6.07, 6.45) is 8.04. The van der Waals surface area contributed by atoms with Crippen molar-refractivity contribution in [2.45, 2.75) is 43.9 Å². The van der Waals surface area contributed by atoms with E-state index in [2.05, 4.69) is 44.6 Å². The van der Waals surface area contributed by atoms with E-state index in [0.717, 1.165) is 50.3 Å². The lowest BCUT2D eigenvalue weighted by Gasteiger charge is -2.39. The van der Waals surface area contributed by atoms with Crippen LogP contribution in [-0.4, -0.2) is 56.9 Å². The van der Waals surface area contributed by atoms with Gasteiger partial charge in [0.1, 0.15) is 10.7 Å². The molecular weight excluding hydrogens is 422 g/mol. The zero-order valence-electron chi connectivity index (χ0n) is 18.4. The van der Waals surface area contributed by atoms with Crippen LogP contribution < -0.4 is 5.32 Å². The lowest BCUT2D eigenvalue weighted by Crippen LogP contribution is -2.44. The molecule has 8 heteroatoms. The molecular formula is C24H29N5O2S. The van der Waals surface area contributed by atoms with Crippen LogP contribution in [0.2, 0.25) is 0 Å². The molecule has 168 valence electrons. The Morgan fingerprint density at radius 2 is 2.03 bits per heavy atom. The zero-order valence-corrected chi connectivity index (χ0v) is 19.2. The average Bonchev–Trinajstić information content (AvgIpc) is 3.55. The second-order valence-electron chi connectivity index (χ2n) is 8.82. The number of piperidine rings is 1. The van der Waals surface area contributed by atoms with Crippen molar-refractivity contribution < 1.29 is 9.53 Å². The van der Waals surface area contributed by atoms with Gasteiger partial charge in [-0.15, -0.1) is 11.3 Å². The van der Waals surface area contributed by atoms with Gasteiger partial charge in [-0.25, -0.2) is 4.98 Å². The summed E-state index contributed by atoms with van der Waals surface area (Å²) in [7, 11) is 1.81. The number of benzene rings is 1. The molecule has 2 fully saturated rings. The summed E-state index contributed by atoms with van der Waals surface area (Å²) in [5.74, 6) is -0.135. The molecule has 2 aromatic heterocycles. The summed E-state index contributed by atoms with van der Waals surface area (Å²) in [6, 6.07) is 12.1. The standard InChI is InChI=1S/C24H29N5O2S/c1-28-12-8-21(27-28)22(30)25-15-19-7-9-24(31-19)10-13-29(14-11-24)17-20-16-26-23(32-20)18-5-3-2-4-6-18/h2-6,8,12,16,19H,7,9-11,13-15,17H2,1H3,(H,25,30)/t19-/m1/s1. The van der Waals surface area contributed by atoms with E-state index in [-0.39, 0.29) is 17.6 Å². The smallest absolute Gasteiger partial charge is 0.271 e. The second-order valence-corrected chi connectivity index (χ2v) is 9.94. The van der Waals surface area contributed by atoms with Crippen LogP contribution in [0.15, 0.2) is 48.8 Å². The molecule has 0 bridgehead atoms. The number of carbonyl (C=O) groups excluding carboxylic acids is 1. The number of hydrogen-bond acceptors (Lipinski definition) is 6. The normalized spacial score (nSPS) is 20.6. The zero-order chi connectivity index (χ0) is 22.0. The van der Waals surface area contributed by atoms with Gasteiger partial charge in [0.15, 0.2) is 0 Å². The predicted molar refractivity (Wildman–Crippen MR) is 124 cm³/mol. The van der Waals surface area contributed by atoms with Crippen molar-refractivity contribution in [2.75, 3.05) is 19.6 Å². The molecule has 3 aromatic rings. The van der Waals surface area contributed by atoms with Crippen molar-refractivity contribution in [3.05, 3.63) is 59.4 Å². The molecule has 1 N–H and O–H groups in total. The number of amides is 1. The van der Waals surface area contributed by atoms with Gasteiger partial charge in [-0.05, 0) is 31.7 Å². The number of nitrogens with one attached hydrogen (secondary N) is 1. The van der Waals surface area contributed by atoms with Gasteiger partial charge in [0.05, 0.1) is 11.7 Å². The Morgan fingerprint density at radius 1 is 1.22 bits per heavy atom. The van der Waals surface area contributed by atoms with Crippen LogP contribution in [0.25, 0.3) is 10.6 Å². The van der Waals surface area contributed by atoms with Crippen molar-refractivity contribution in [3.63, 3.8) is 0 Å². The molecule has 1 atom stereocenters. The van der Waals surface area contributed by atoms with E-state index in [9.17, 15) is 4.79 Å². The van der Waals surface area contributed by atoms with Gasteiger partial charge in [0.2, 0.25) is 0 Å². The molecule has 1 amide bonds. The summed E-state index contributed by atoms with van der Waals surface area (Å²) in [6.45, 7) is 3.56. The van der Waals surface area contributed by atoms with Gasteiger partial charge >= 0.3 is 0 Å². The number of ether oxygens (including phenoxy) is 1. The largest absolute Gasteiger partial charge is 0.370 e. The number of aryl methyl sites for hydroxylation is 1. The van der Waals surface area contributed by atoms with Crippen LogP contribution in [0.3, 0.4) is 0 Å². The van der Waals surface area contributed by atoms with E-state index in [1.165, 1.54) is 10.4 Å². The maximum Gasteiger partial charge on any atom is 0.271 e. The van der Waals surface area contributed by atoms with Crippen LogP contribution in [0.1, 0.15) is 41.0 Å². The number of carbonyl (C=O) groups is 1. The van der Waals surface area contributed by atoms with E-state index in [0.29, 0.717) is 12.2 Å². The first-order valence-electron chi connectivity index (χ1n) is 11.3. The molecule has 2 aliphatic heterocycles. The van der Waals surface area contributed by atoms with E-state index < -0.39 is 0 Å². The second kappa shape index (κ2) is 9.13. The molecule has 4 heterocycles. The van der Waals surface area contributed by atoms with E-state index in [1.807, 2.05) is 19.3 Å². The van der Waals surface area contributed by atoms with E-state index in [4.69, 9.17) is 4.74 Å². The quantitative estimate of drug-likeness (QED) is 0.621. The Kier molecular flexibility index (Phi) is 6.08. The fourth-order valence-corrected chi connectivity index (χ4v) is 5.63. The Hall–Kier alpha value is -2.55. The van der Waals surface area contributed by atoms with Gasteiger partial charge in [0, 0.05) is 56.1 Å². The minimum Gasteiger partial charge on any atom is -0.370 e. The highest BCUT2D eigenvalue weighted by Crippen LogP contribution is 2.39. The van der Waals surface area contributed by atoms with Crippen LogP contribution >= 0.6 is 11.3 Å². The van der Waals surface area contributed by atoms with Gasteiger partial charge in [-0.2, -0.15) is 5.10 Å². The van der Waals surface area contributed by atoms with Crippen molar-refractivity contribution in [2.24, 2.45) is 7.05 Å². The highest BCUT2D eigenvalue weighted by Gasteiger charge is 2.42. The topological polar surface area (TPSA) is 72.3 Å². The number of aromatic nitrogens is 3. The number of likely N-dealkylation sites (tertiary alicyclic amines) is 1. The van der Waals surface area contributed by atoms with Gasteiger partial charge in [0.25, 0.3) is 5.91 Å². The summed E-state index contributed by atoms with van der Waals surface area (Å²) < 4.78 is 8.10. The minimum atomic E-state index is -0.135. The van der Waals surface area contributed by atoms with Crippen molar-refractivity contribution in [3.8, 4) is 10.6 Å². The Bertz CT molecular complexity index is 1060. The molecule has 1 aromatic carbocycles. The fraction of sp³-hybridized carbons (Fsp3) is 0.458. The Balaban J connectivity index is 1.09. The first-order valence-corrected chi connectivity index (χ1v) is 12.1. The third-order valence-corrected chi connectivity index (χ3v) is 7.53. The van der Waals surface area contributed by atoms with Crippen LogP contribution in [0.4, 0.5) is 0 Å². The molecule has 32 heavy (non-hydrogen) atoms. The summed E-state index contributed by atoms with van der Waals surface area (Å²) in [5, 5.41) is 8.22. The predicted octanol–water partition coefficient (Wildman–Crippen LogP) is 3.49. The number of hydrogen-bond donors (Lipinski definition) is 1. The third kappa shape index (κ3) is 4.77. The molecule has 1 spiro atoms. The summed E-state index contributed by atoms with van der Waals surface area (Å²) >= 11 is 1.78. The van der Waals surface area contributed by atoms with Crippen molar-refractivity contribution in [1.29, 1.82) is 0 Å². The van der Waals surface area contributed by atoms with Crippen LogP contribution in [-0.2, 0) is 18.3 Å². The van der Waals surface area contributed by atoms with Gasteiger partial charge in [-0.3, -0.25) is 14.4 Å². The van der Waals surface area contributed by atoms with E-state index >= 15 is 0 Å². The lowest BCUT2D eigenvalue weighted by molar-refractivity contribution is -0.0763. The first kappa shape index (κ1) is 21.3. The average molecular weight is 452 g/mol. The molecule has 0 unspecified atom stereocenters. The fourth-order valence-electron chi connectivity index (χ4n) is 4.67. The maximum atomic E-state index is 12.2. The van der Waals surface area contributed by atoms with E-state index in [1.54, 1.807) is 28.3 Å². The molecule has 0 aliphatic carbocycles. The minimum absolute atomic E-state index is 0.0280. The molecule has 0 saturated carbocycles. The molecule has 2 aliphatic rings. The Labute approximate surface area is 192 Å². The number of nitrogens with zero attached hydrogens (tertiary/aromatic N) is 4. The molecule has 7 nitrogen and oxygen atoms in total. The summed E-state index contributed by atoms with van der Waals surface area (Å²) in [4.78, 5) is 20.7. The van der Waals surface area contributed by atoms with Gasteiger partial charge < -0.3 is 10.1 Å². The van der Waals surface area contributed by atoms with Crippen molar-refractivity contribution >= 4 is 17.2 Å². The van der Waals surface area contributed by atoms with Crippen LogP contribution in [0, 0.1) is 0 Å². The number of rotatable bonds is 6. The Morgan fingerprint density at radius 3 is 2.78 bits per heavy atom. The maximum absolute atomic E-state index is 12.2. The molecule has 2 saturated heterocycles. The van der Waals surface area contributed by atoms with Crippen molar-refractivity contribution in [1.82, 2.24) is 25.0 Å². The molecule has 0 radical (unpaired) electrons. The highest BCUT2D eigenvalue weighted by molar-refractivity contribution is 7.15. The van der Waals surface area contributed by atoms with Crippen LogP contribution in [0.5, 0.6) is 0 Å². The monoisotopic (exact) mass is 451 g/mol.